The SMILES string of the molecule is CN(CCCC(C)(C)C)c1c(O)c(=S)c1=S. The maximum atomic E-state index is 9.59. The topological polar surface area (TPSA) is 23.5 Å². The van der Waals surface area contributed by atoms with E-state index in [1.165, 1.54) is 0 Å². The van der Waals surface area contributed by atoms with Gasteiger partial charge in [-0.1, -0.05) is 45.2 Å². The maximum Gasteiger partial charge on any atom is 0.160 e. The van der Waals surface area contributed by atoms with Crippen LogP contribution in [-0.2, 0) is 0 Å². The fraction of sp³-hybridized carbons (Fsp3) is 0.667. The third-order valence-electron chi connectivity index (χ3n) is 2.66. The average molecular weight is 257 g/mol. The van der Waals surface area contributed by atoms with E-state index in [0.29, 0.717) is 14.4 Å². The van der Waals surface area contributed by atoms with Gasteiger partial charge in [0.05, 0.1) is 4.51 Å². The van der Waals surface area contributed by atoms with Crippen LogP contribution in [0.1, 0.15) is 33.6 Å². The molecule has 2 nitrogen and oxygen atoms in total. The summed E-state index contributed by atoms with van der Waals surface area (Å²) in [4.78, 5) is 2.00. The lowest BCUT2D eigenvalue weighted by atomic mass is 9.90. The van der Waals surface area contributed by atoms with Gasteiger partial charge in [-0.2, -0.15) is 0 Å². The molecule has 1 aromatic carbocycles. The molecular formula is C12H19NOS2. The van der Waals surface area contributed by atoms with Gasteiger partial charge >= 0.3 is 0 Å². The molecule has 0 aliphatic heterocycles. The van der Waals surface area contributed by atoms with E-state index in [-0.39, 0.29) is 5.75 Å². The number of anilines is 1. The highest BCUT2D eigenvalue weighted by molar-refractivity contribution is 7.74. The second kappa shape index (κ2) is 4.80. The first-order valence-electron chi connectivity index (χ1n) is 5.47. The first kappa shape index (κ1) is 13.6. The van der Waals surface area contributed by atoms with Crippen LogP contribution in [0.25, 0.3) is 0 Å². The summed E-state index contributed by atoms with van der Waals surface area (Å²) >= 11 is 10.0. The summed E-state index contributed by atoms with van der Waals surface area (Å²) in [6, 6.07) is 0. The lowest BCUT2D eigenvalue weighted by Crippen LogP contribution is -2.21. The summed E-state index contributed by atoms with van der Waals surface area (Å²) in [6.07, 6.45) is 2.24. The van der Waals surface area contributed by atoms with Gasteiger partial charge in [-0.15, -0.1) is 0 Å². The Bertz CT molecular complexity index is 438. The van der Waals surface area contributed by atoms with Crippen molar-refractivity contribution in [1.29, 1.82) is 0 Å². The zero-order chi connectivity index (χ0) is 12.5. The second-order valence-corrected chi connectivity index (χ2v) is 6.26. The van der Waals surface area contributed by atoms with Crippen LogP contribution in [0.5, 0.6) is 5.75 Å². The minimum Gasteiger partial charge on any atom is -0.504 e. The zero-order valence-corrected chi connectivity index (χ0v) is 12.0. The Morgan fingerprint density at radius 1 is 1.19 bits per heavy atom. The highest BCUT2D eigenvalue weighted by Crippen LogP contribution is 2.36. The molecule has 0 radical (unpaired) electrons. The van der Waals surface area contributed by atoms with E-state index in [1.807, 2.05) is 11.9 Å². The molecule has 1 rings (SSSR count). The van der Waals surface area contributed by atoms with Crippen molar-refractivity contribution in [3.8, 4) is 5.75 Å². The van der Waals surface area contributed by atoms with Crippen LogP contribution in [0.2, 0.25) is 0 Å². The van der Waals surface area contributed by atoms with Gasteiger partial charge in [-0.25, -0.2) is 0 Å². The van der Waals surface area contributed by atoms with Crippen molar-refractivity contribution in [2.24, 2.45) is 5.41 Å². The summed E-state index contributed by atoms with van der Waals surface area (Å²) in [5, 5.41) is 9.59. The smallest absolute Gasteiger partial charge is 0.160 e. The Labute approximate surface area is 108 Å². The molecule has 0 aliphatic carbocycles. The molecule has 0 aromatic heterocycles. The Kier molecular flexibility index (Phi) is 4.07. The standard InChI is InChI=1S/C12H19NOS2/c1-12(2,3)6-5-7-13(4)8-9(14)11(16)10(8)15/h14H,5-7H2,1-4H3. The van der Waals surface area contributed by atoms with Crippen LogP contribution in [0.4, 0.5) is 5.69 Å². The monoisotopic (exact) mass is 257 g/mol. The normalized spacial score (nSPS) is 12.0. The van der Waals surface area contributed by atoms with E-state index in [1.54, 1.807) is 0 Å². The molecule has 0 aliphatic rings. The number of rotatable bonds is 4. The molecule has 90 valence electrons. The van der Waals surface area contributed by atoms with Crippen LogP contribution < -0.4 is 4.90 Å². The van der Waals surface area contributed by atoms with Crippen molar-refractivity contribution in [3.63, 3.8) is 0 Å². The molecule has 0 spiro atoms. The van der Waals surface area contributed by atoms with E-state index in [2.05, 4.69) is 20.8 Å². The van der Waals surface area contributed by atoms with E-state index >= 15 is 0 Å². The van der Waals surface area contributed by atoms with Crippen molar-refractivity contribution < 1.29 is 5.11 Å². The van der Waals surface area contributed by atoms with Crippen LogP contribution in [0.15, 0.2) is 0 Å². The fourth-order valence-electron chi connectivity index (χ4n) is 1.68. The number of aromatic hydroxyl groups is 1. The predicted molar refractivity (Wildman–Crippen MR) is 74.1 cm³/mol. The molecule has 16 heavy (non-hydrogen) atoms. The molecule has 0 unspecified atom stereocenters. The van der Waals surface area contributed by atoms with Gasteiger partial charge in [0.25, 0.3) is 0 Å². The predicted octanol–water partition coefficient (Wildman–Crippen LogP) is 3.99. The van der Waals surface area contributed by atoms with Crippen molar-refractivity contribution in [2.45, 2.75) is 33.6 Å². The molecular weight excluding hydrogens is 238 g/mol. The highest BCUT2D eigenvalue weighted by atomic mass is 32.1. The summed E-state index contributed by atoms with van der Waals surface area (Å²) in [7, 11) is 1.95. The second-order valence-electron chi connectivity index (χ2n) is 5.44. The van der Waals surface area contributed by atoms with Crippen molar-refractivity contribution in [2.75, 3.05) is 18.5 Å². The van der Waals surface area contributed by atoms with Crippen molar-refractivity contribution >= 4 is 30.1 Å². The third-order valence-corrected chi connectivity index (χ3v) is 3.59. The first-order chi connectivity index (χ1) is 7.24. The van der Waals surface area contributed by atoms with Gasteiger partial charge in [0.15, 0.2) is 5.75 Å². The van der Waals surface area contributed by atoms with E-state index in [0.717, 1.165) is 25.1 Å². The zero-order valence-electron chi connectivity index (χ0n) is 10.3. The molecule has 0 heterocycles. The van der Waals surface area contributed by atoms with Gasteiger partial charge in [0, 0.05) is 13.6 Å². The molecule has 1 aromatic rings. The number of hydrogen-bond acceptors (Lipinski definition) is 4. The Morgan fingerprint density at radius 2 is 1.75 bits per heavy atom. The van der Waals surface area contributed by atoms with Crippen LogP contribution in [0.3, 0.4) is 0 Å². The summed E-state index contributed by atoms with van der Waals surface area (Å²) in [5.74, 6) is 0.193. The summed E-state index contributed by atoms with van der Waals surface area (Å²) in [6.45, 7) is 7.59. The summed E-state index contributed by atoms with van der Waals surface area (Å²) < 4.78 is 1.07. The minimum absolute atomic E-state index is 0.193. The lowest BCUT2D eigenvalue weighted by Gasteiger charge is -2.25. The molecule has 4 heteroatoms. The Hall–Kier alpha value is -0.480. The molecule has 0 bridgehead atoms. The van der Waals surface area contributed by atoms with Gasteiger partial charge in [0.1, 0.15) is 10.2 Å². The van der Waals surface area contributed by atoms with Crippen LogP contribution in [0, 0.1) is 14.4 Å². The molecule has 1 N–H and O–H groups in total. The molecule has 0 atom stereocenters. The molecule has 0 fully saturated rings. The van der Waals surface area contributed by atoms with Gasteiger partial charge in [-0.05, 0) is 18.3 Å². The summed E-state index contributed by atoms with van der Waals surface area (Å²) in [5.41, 5.74) is 1.10. The average Bonchev–Trinajstić information content (AvgIpc) is 2.15. The van der Waals surface area contributed by atoms with Crippen LogP contribution >= 0.6 is 24.4 Å². The lowest BCUT2D eigenvalue weighted by molar-refractivity contribution is 0.366. The van der Waals surface area contributed by atoms with Gasteiger partial charge in [0.2, 0.25) is 0 Å². The Balaban J connectivity index is 2.52. The molecule has 0 saturated carbocycles. The van der Waals surface area contributed by atoms with E-state index < -0.39 is 0 Å². The minimum atomic E-state index is 0.193. The maximum absolute atomic E-state index is 9.59. The van der Waals surface area contributed by atoms with E-state index in [9.17, 15) is 5.11 Å². The van der Waals surface area contributed by atoms with Gasteiger partial charge < -0.3 is 10.0 Å². The molecule has 0 amide bonds. The quantitative estimate of drug-likeness (QED) is 0.824. The number of hydrogen-bond donors (Lipinski definition) is 1. The molecule has 0 saturated heterocycles. The van der Waals surface area contributed by atoms with E-state index in [4.69, 9.17) is 24.4 Å². The number of nitrogens with zero attached hydrogens (tertiary/aromatic N) is 1. The fourth-order valence-corrected chi connectivity index (χ4v) is 2.22. The largest absolute Gasteiger partial charge is 0.504 e. The Morgan fingerprint density at radius 3 is 2.19 bits per heavy atom. The van der Waals surface area contributed by atoms with Crippen LogP contribution in [-0.4, -0.2) is 18.7 Å². The van der Waals surface area contributed by atoms with Crippen molar-refractivity contribution in [1.82, 2.24) is 0 Å². The first-order valence-corrected chi connectivity index (χ1v) is 6.29. The highest BCUT2D eigenvalue weighted by Gasteiger charge is 2.18. The van der Waals surface area contributed by atoms with Crippen molar-refractivity contribution in [3.05, 3.63) is 9.02 Å². The van der Waals surface area contributed by atoms with Gasteiger partial charge in [-0.3, -0.25) is 0 Å². The third kappa shape index (κ3) is 3.01.